The SMILES string of the molecule is CN1C(=O)NCC12CN(c1cccc(C#N)n1)C2. The van der Waals surface area contributed by atoms with Gasteiger partial charge in [0.2, 0.25) is 0 Å². The summed E-state index contributed by atoms with van der Waals surface area (Å²) in [4.78, 5) is 19.6. The lowest BCUT2D eigenvalue weighted by Gasteiger charge is -2.51. The summed E-state index contributed by atoms with van der Waals surface area (Å²) in [5, 5.41) is 11.7. The molecule has 0 aliphatic carbocycles. The minimum Gasteiger partial charge on any atom is -0.352 e. The van der Waals surface area contributed by atoms with Crippen LogP contribution >= 0.6 is 0 Å². The standard InChI is InChI=1S/C12H13N5O/c1-16-11(18)14-6-12(16)7-17(8-12)10-4-2-3-9(5-13)15-10/h2-4H,6-8H2,1H3,(H,14,18). The van der Waals surface area contributed by atoms with Crippen LogP contribution in [-0.2, 0) is 0 Å². The number of pyridine rings is 1. The monoisotopic (exact) mass is 243 g/mol. The van der Waals surface area contributed by atoms with Gasteiger partial charge in [-0.2, -0.15) is 5.26 Å². The van der Waals surface area contributed by atoms with Crippen molar-refractivity contribution >= 4 is 11.8 Å². The molecule has 2 aliphatic rings. The number of carbonyl (C=O) groups is 1. The van der Waals surface area contributed by atoms with E-state index >= 15 is 0 Å². The number of urea groups is 1. The summed E-state index contributed by atoms with van der Waals surface area (Å²) in [5.41, 5.74) is 0.309. The molecule has 0 saturated carbocycles. The second kappa shape index (κ2) is 3.60. The molecule has 6 nitrogen and oxygen atoms in total. The van der Waals surface area contributed by atoms with Crippen molar-refractivity contribution in [1.82, 2.24) is 15.2 Å². The van der Waals surface area contributed by atoms with E-state index in [2.05, 4.69) is 15.2 Å². The van der Waals surface area contributed by atoms with Crippen molar-refractivity contribution in [2.45, 2.75) is 5.54 Å². The molecule has 1 aromatic rings. The number of anilines is 1. The molecule has 3 rings (SSSR count). The molecule has 6 heteroatoms. The summed E-state index contributed by atoms with van der Waals surface area (Å²) < 4.78 is 0. The zero-order chi connectivity index (χ0) is 12.8. The first-order valence-corrected chi connectivity index (χ1v) is 5.78. The van der Waals surface area contributed by atoms with Crippen molar-refractivity contribution in [3.63, 3.8) is 0 Å². The molecule has 1 spiro atoms. The Bertz CT molecular complexity index is 544. The minimum atomic E-state index is -0.110. The number of likely N-dealkylation sites (N-methyl/N-ethyl adjacent to an activating group) is 1. The number of aromatic nitrogens is 1. The van der Waals surface area contributed by atoms with Gasteiger partial charge in [-0.3, -0.25) is 0 Å². The molecule has 92 valence electrons. The Kier molecular flexibility index (Phi) is 2.17. The van der Waals surface area contributed by atoms with Gasteiger partial charge in [0.25, 0.3) is 0 Å². The van der Waals surface area contributed by atoms with Crippen LogP contribution in [0.2, 0.25) is 0 Å². The minimum absolute atomic E-state index is 0.0200. The quantitative estimate of drug-likeness (QED) is 0.763. The molecule has 1 N–H and O–H groups in total. The van der Waals surface area contributed by atoms with Gasteiger partial charge >= 0.3 is 6.03 Å². The second-order valence-electron chi connectivity index (χ2n) is 4.79. The van der Waals surface area contributed by atoms with Crippen LogP contribution in [0.15, 0.2) is 18.2 Å². The molecular formula is C12H13N5O. The van der Waals surface area contributed by atoms with Crippen molar-refractivity contribution in [3.05, 3.63) is 23.9 Å². The average molecular weight is 243 g/mol. The predicted octanol–water partition coefficient (Wildman–Crippen LogP) is 0.167. The Balaban J connectivity index is 1.76. The molecule has 0 atom stereocenters. The Hall–Kier alpha value is -2.29. The fourth-order valence-corrected chi connectivity index (χ4v) is 2.50. The maximum absolute atomic E-state index is 11.5. The van der Waals surface area contributed by atoms with Crippen LogP contribution in [0.3, 0.4) is 0 Å². The van der Waals surface area contributed by atoms with E-state index in [-0.39, 0.29) is 11.6 Å². The van der Waals surface area contributed by atoms with E-state index < -0.39 is 0 Å². The van der Waals surface area contributed by atoms with Crippen molar-refractivity contribution in [1.29, 1.82) is 5.26 Å². The van der Waals surface area contributed by atoms with Crippen LogP contribution in [0.5, 0.6) is 0 Å². The first-order valence-electron chi connectivity index (χ1n) is 5.78. The zero-order valence-electron chi connectivity index (χ0n) is 10.1. The summed E-state index contributed by atoms with van der Waals surface area (Å²) in [6.45, 7) is 2.19. The van der Waals surface area contributed by atoms with Gasteiger partial charge in [0.05, 0.1) is 5.54 Å². The van der Waals surface area contributed by atoms with Crippen molar-refractivity contribution < 1.29 is 4.79 Å². The highest BCUT2D eigenvalue weighted by atomic mass is 16.2. The van der Waals surface area contributed by atoms with Crippen molar-refractivity contribution in [2.75, 3.05) is 31.6 Å². The maximum Gasteiger partial charge on any atom is 0.317 e. The number of nitriles is 1. The summed E-state index contributed by atoms with van der Waals surface area (Å²) in [7, 11) is 1.82. The molecular weight excluding hydrogens is 230 g/mol. The van der Waals surface area contributed by atoms with E-state index in [4.69, 9.17) is 5.26 Å². The topological polar surface area (TPSA) is 72.3 Å². The fraction of sp³-hybridized carbons (Fsp3) is 0.417. The Labute approximate surface area is 105 Å². The fourth-order valence-electron chi connectivity index (χ4n) is 2.50. The third-order valence-electron chi connectivity index (χ3n) is 3.73. The Morgan fingerprint density at radius 1 is 1.50 bits per heavy atom. The van der Waals surface area contributed by atoms with Crippen LogP contribution < -0.4 is 10.2 Å². The zero-order valence-corrected chi connectivity index (χ0v) is 10.1. The molecule has 2 amide bonds. The largest absolute Gasteiger partial charge is 0.352 e. The molecule has 0 unspecified atom stereocenters. The lowest BCUT2D eigenvalue weighted by atomic mass is 9.89. The lowest BCUT2D eigenvalue weighted by Crippen LogP contribution is -2.69. The van der Waals surface area contributed by atoms with Gasteiger partial charge in [0, 0.05) is 26.7 Å². The summed E-state index contributed by atoms with van der Waals surface area (Å²) in [5.74, 6) is 0.799. The molecule has 2 saturated heterocycles. The van der Waals surface area contributed by atoms with Crippen LogP contribution in [0.25, 0.3) is 0 Å². The first kappa shape index (κ1) is 10.8. The number of rotatable bonds is 1. The number of hydrogen-bond acceptors (Lipinski definition) is 4. The van der Waals surface area contributed by atoms with Gasteiger partial charge in [-0.25, -0.2) is 9.78 Å². The van der Waals surface area contributed by atoms with E-state index in [1.165, 1.54) is 0 Å². The highest BCUT2D eigenvalue weighted by Gasteiger charge is 2.52. The Morgan fingerprint density at radius 2 is 2.28 bits per heavy atom. The lowest BCUT2D eigenvalue weighted by molar-refractivity contribution is 0.151. The van der Waals surface area contributed by atoms with Crippen LogP contribution in [0.1, 0.15) is 5.69 Å². The van der Waals surface area contributed by atoms with Gasteiger partial charge in [-0.15, -0.1) is 0 Å². The van der Waals surface area contributed by atoms with E-state index in [9.17, 15) is 4.79 Å². The highest BCUT2D eigenvalue weighted by molar-refractivity contribution is 5.78. The van der Waals surface area contributed by atoms with Gasteiger partial charge in [-0.05, 0) is 12.1 Å². The van der Waals surface area contributed by atoms with Crippen LogP contribution in [0.4, 0.5) is 10.6 Å². The molecule has 0 aromatic carbocycles. The number of carbonyl (C=O) groups excluding carboxylic acids is 1. The normalized spacial score (nSPS) is 20.6. The number of amides is 2. The van der Waals surface area contributed by atoms with E-state index in [0.717, 1.165) is 18.9 Å². The molecule has 2 aliphatic heterocycles. The smallest absolute Gasteiger partial charge is 0.317 e. The summed E-state index contributed by atoms with van der Waals surface area (Å²) in [6, 6.07) is 7.41. The van der Waals surface area contributed by atoms with E-state index in [0.29, 0.717) is 12.2 Å². The predicted molar refractivity (Wildman–Crippen MR) is 65.1 cm³/mol. The number of nitrogens with one attached hydrogen (secondary N) is 1. The van der Waals surface area contributed by atoms with Gasteiger partial charge in [-0.1, -0.05) is 6.07 Å². The first-order chi connectivity index (χ1) is 8.64. The number of nitrogens with zero attached hydrogens (tertiary/aromatic N) is 4. The molecule has 0 radical (unpaired) electrons. The van der Waals surface area contributed by atoms with Crippen molar-refractivity contribution in [2.24, 2.45) is 0 Å². The molecule has 0 bridgehead atoms. The highest BCUT2D eigenvalue weighted by Crippen LogP contribution is 2.32. The third-order valence-corrected chi connectivity index (χ3v) is 3.73. The molecule has 1 aromatic heterocycles. The second-order valence-corrected chi connectivity index (χ2v) is 4.79. The maximum atomic E-state index is 11.5. The van der Waals surface area contributed by atoms with E-state index in [1.807, 2.05) is 25.2 Å². The molecule has 3 heterocycles. The third kappa shape index (κ3) is 1.40. The average Bonchev–Trinajstić information content (AvgIpc) is 2.65. The number of hydrogen-bond donors (Lipinski definition) is 1. The van der Waals surface area contributed by atoms with Gasteiger partial charge in [0.1, 0.15) is 17.6 Å². The van der Waals surface area contributed by atoms with Crippen molar-refractivity contribution in [3.8, 4) is 6.07 Å². The van der Waals surface area contributed by atoms with Gasteiger partial charge in [0.15, 0.2) is 0 Å². The Morgan fingerprint density at radius 3 is 2.89 bits per heavy atom. The van der Waals surface area contributed by atoms with Crippen LogP contribution in [0, 0.1) is 11.3 Å². The van der Waals surface area contributed by atoms with E-state index in [1.54, 1.807) is 11.0 Å². The van der Waals surface area contributed by atoms with Gasteiger partial charge < -0.3 is 15.1 Å². The summed E-state index contributed by atoms with van der Waals surface area (Å²) >= 11 is 0. The van der Waals surface area contributed by atoms with Crippen LogP contribution in [-0.4, -0.2) is 48.1 Å². The molecule has 18 heavy (non-hydrogen) atoms. The molecule has 2 fully saturated rings. The summed E-state index contributed by atoms with van der Waals surface area (Å²) in [6.07, 6.45) is 0.